The van der Waals surface area contributed by atoms with Gasteiger partial charge in [-0.05, 0) is 19.1 Å². The van der Waals surface area contributed by atoms with E-state index in [4.69, 9.17) is 9.47 Å². The van der Waals surface area contributed by atoms with E-state index >= 15 is 0 Å². The smallest absolute Gasteiger partial charge is 0.130 e. The van der Waals surface area contributed by atoms with Gasteiger partial charge in [-0.1, -0.05) is 6.07 Å². The number of fused-ring (bicyclic) bond motifs is 1. The van der Waals surface area contributed by atoms with E-state index in [-0.39, 0.29) is 6.10 Å². The predicted molar refractivity (Wildman–Crippen MR) is 56.1 cm³/mol. The standard InChI is InChI=1S/C11H12N2O2/c1-7-11-9(13-12-7)3-2-4-10(11)15-6-8-5-14-8/h2-4,8H,5-6H2,1H3,(H,12,13). The summed E-state index contributed by atoms with van der Waals surface area (Å²) in [7, 11) is 0. The van der Waals surface area contributed by atoms with Crippen LogP contribution in [0.5, 0.6) is 5.75 Å². The Bertz CT molecular complexity index is 488. The molecule has 3 rings (SSSR count). The Balaban J connectivity index is 1.96. The van der Waals surface area contributed by atoms with Crippen molar-refractivity contribution in [1.82, 2.24) is 10.2 Å². The average Bonchev–Trinajstić information content (AvgIpc) is 3.00. The monoisotopic (exact) mass is 204 g/mol. The molecule has 1 unspecified atom stereocenters. The molecule has 0 radical (unpaired) electrons. The lowest BCUT2D eigenvalue weighted by Gasteiger charge is -2.05. The van der Waals surface area contributed by atoms with Crippen LogP contribution in [0.25, 0.3) is 10.9 Å². The molecule has 0 aliphatic carbocycles. The van der Waals surface area contributed by atoms with Gasteiger partial charge in [0.15, 0.2) is 0 Å². The molecular formula is C11H12N2O2. The first-order chi connectivity index (χ1) is 7.34. The number of H-pyrrole nitrogens is 1. The first-order valence-electron chi connectivity index (χ1n) is 5.02. The predicted octanol–water partition coefficient (Wildman–Crippen LogP) is 1.65. The largest absolute Gasteiger partial charge is 0.490 e. The maximum Gasteiger partial charge on any atom is 0.130 e. The number of aromatic amines is 1. The van der Waals surface area contributed by atoms with E-state index in [1.54, 1.807) is 0 Å². The Morgan fingerprint density at radius 3 is 3.27 bits per heavy atom. The van der Waals surface area contributed by atoms with Crippen LogP contribution in [-0.2, 0) is 4.74 Å². The highest BCUT2D eigenvalue weighted by Gasteiger charge is 2.23. The van der Waals surface area contributed by atoms with E-state index in [2.05, 4.69) is 10.2 Å². The van der Waals surface area contributed by atoms with Crippen LogP contribution in [0, 0.1) is 6.92 Å². The zero-order valence-electron chi connectivity index (χ0n) is 8.49. The SMILES string of the molecule is Cc1n[nH]c2cccc(OCC3CO3)c12. The molecule has 1 aromatic heterocycles. The molecule has 1 aliphatic rings. The lowest BCUT2D eigenvalue weighted by molar-refractivity contribution is 0.265. The summed E-state index contributed by atoms with van der Waals surface area (Å²) >= 11 is 0. The van der Waals surface area contributed by atoms with Crippen LogP contribution in [0.2, 0.25) is 0 Å². The number of aromatic nitrogens is 2. The summed E-state index contributed by atoms with van der Waals surface area (Å²) in [6.07, 6.45) is 0.285. The second kappa shape index (κ2) is 3.24. The van der Waals surface area contributed by atoms with Crippen LogP contribution in [-0.4, -0.2) is 29.5 Å². The van der Waals surface area contributed by atoms with Gasteiger partial charge in [0.2, 0.25) is 0 Å². The maximum atomic E-state index is 5.70. The minimum Gasteiger partial charge on any atom is -0.490 e. The Morgan fingerprint density at radius 2 is 2.47 bits per heavy atom. The summed E-state index contributed by atoms with van der Waals surface area (Å²) in [6.45, 7) is 3.42. The first kappa shape index (κ1) is 8.73. The van der Waals surface area contributed by atoms with E-state index in [0.29, 0.717) is 6.61 Å². The molecule has 15 heavy (non-hydrogen) atoms. The van der Waals surface area contributed by atoms with E-state index in [1.165, 1.54) is 0 Å². The van der Waals surface area contributed by atoms with Gasteiger partial charge in [-0.2, -0.15) is 5.10 Å². The molecule has 2 heterocycles. The fourth-order valence-electron chi connectivity index (χ4n) is 1.66. The third-order valence-corrected chi connectivity index (χ3v) is 2.56. The molecule has 1 N–H and O–H groups in total. The summed E-state index contributed by atoms with van der Waals surface area (Å²) in [5.41, 5.74) is 1.99. The van der Waals surface area contributed by atoms with E-state index in [0.717, 1.165) is 29.0 Å². The first-order valence-corrected chi connectivity index (χ1v) is 5.02. The van der Waals surface area contributed by atoms with Gasteiger partial charge in [-0.3, -0.25) is 5.10 Å². The van der Waals surface area contributed by atoms with Crippen LogP contribution in [0.15, 0.2) is 18.2 Å². The van der Waals surface area contributed by atoms with Crippen molar-refractivity contribution in [2.24, 2.45) is 0 Å². The highest BCUT2D eigenvalue weighted by Crippen LogP contribution is 2.27. The number of epoxide rings is 1. The number of hydrogen-bond donors (Lipinski definition) is 1. The quantitative estimate of drug-likeness (QED) is 0.773. The summed E-state index contributed by atoms with van der Waals surface area (Å²) in [5.74, 6) is 0.884. The second-order valence-corrected chi connectivity index (χ2v) is 3.75. The summed E-state index contributed by atoms with van der Waals surface area (Å²) in [5, 5.41) is 8.20. The van der Waals surface area contributed by atoms with Gasteiger partial charge in [0.05, 0.1) is 23.2 Å². The van der Waals surface area contributed by atoms with Gasteiger partial charge in [0, 0.05) is 0 Å². The lowest BCUT2D eigenvalue weighted by Crippen LogP contribution is -2.04. The van der Waals surface area contributed by atoms with Gasteiger partial charge in [-0.25, -0.2) is 0 Å². The molecule has 2 aromatic rings. The number of ether oxygens (including phenoxy) is 2. The van der Waals surface area contributed by atoms with Crippen LogP contribution < -0.4 is 4.74 Å². The minimum absolute atomic E-state index is 0.285. The number of nitrogens with one attached hydrogen (secondary N) is 1. The molecule has 0 spiro atoms. The van der Waals surface area contributed by atoms with Gasteiger partial charge < -0.3 is 9.47 Å². The Morgan fingerprint density at radius 1 is 1.60 bits per heavy atom. The fourth-order valence-corrected chi connectivity index (χ4v) is 1.66. The molecule has 1 aliphatic heterocycles. The molecular weight excluding hydrogens is 192 g/mol. The third kappa shape index (κ3) is 1.57. The van der Waals surface area contributed by atoms with Crippen molar-refractivity contribution in [1.29, 1.82) is 0 Å². The molecule has 1 fully saturated rings. The Hall–Kier alpha value is -1.55. The molecule has 1 atom stereocenters. The van der Waals surface area contributed by atoms with Crippen LogP contribution in [0.3, 0.4) is 0 Å². The number of benzene rings is 1. The van der Waals surface area contributed by atoms with Crippen LogP contribution in [0.1, 0.15) is 5.69 Å². The molecule has 78 valence electrons. The van der Waals surface area contributed by atoms with E-state index in [9.17, 15) is 0 Å². The van der Waals surface area contributed by atoms with Gasteiger partial charge in [-0.15, -0.1) is 0 Å². The number of rotatable bonds is 3. The van der Waals surface area contributed by atoms with Crippen LogP contribution >= 0.6 is 0 Å². The Labute approximate surface area is 87.2 Å². The lowest BCUT2D eigenvalue weighted by atomic mass is 10.2. The minimum atomic E-state index is 0.285. The zero-order chi connectivity index (χ0) is 10.3. The molecule has 0 saturated carbocycles. The normalized spacial score (nSPS) is 19.4. The second-order valence-electron chi connectivity index (χ2n) is 3.75. The molecule has 0 bridgehead atoms. The summed E-state index contributed by atoms with van der Waals surface area (Å²) in [6, 6.07) is 5.92. The number of hydrogen-bond acceptors (Lipinski definition) is 3. The Kier molecular flexibility index (Phi) is 1.89. The highest BCUT2D eigenvalue weighted by atomic mass is 16.6. The van der Waals surface area contributed by atoms with Crippen molar-refractivity contribution in [3.05, 3.63) is 23.9 Å². The summed E-state index contributed by atoms with van der Waals surface area (Å²) < 4.78 is 10.8. The zero-order valence-corrected chi connectivity index (χ0v) is 8.49. The average molecular weight is 204 g/mol. The van der Waals surface area contributed by atoms with Crippen LogP contribution in [0.4, 0.5) is 0 Å². The molecule has 4 nitrogen and oxygen atoms in total. The van der Waals surface area contributed by atoms with Crippen molar-refractivity contribution in [2.45, 2.75) is 13.0 Å². The topological polar surface area (TPSA) is 50.4 Å². The van der Waals surface area contributed by atoms with Gasteiger partial charge in [0.1, 0.15) is 18.5 Å². The summed E-state index contributed by atoms with van der Waals surface area (Å²) in [4.78, 5) is 0. The molecule has 0 amide bonds. The third-order valence-electron chi connectivity index (χ3n) is 2.56. The highest BCUT2D eigenvalue weighted by molar-refractivity contribution is 5.87. The number of nitrogens with zero attached hydrogens (tertiary/aromatic N) is 1. The molecule has 1 aromatic carbocycles. The van der Waals surface area contributed by atoms with E-state index in [1.807, 2.05) is 25.1 Å². The van der Waals surface area contributed by atoms with Gasteiger partial charge >= 0.3 is 0 Å². The van der Waals surface area contributed by atoms with Crippen molar-refractivity contribution in [3.63, 3.8) is 0 Å². The molecule has 4 heteroatoms. The van der Waals surface area contributed by atoms with Crippen molar-refractivity contribution in [2.75, 3.05) is 13.2 Å². The molecule has 1 saturated heterocycles. The van der Waals surface area contributed by atoms with Crippen molar-refractivity contribution < 1.29 is 9.47 Å². The number of aryl methyl sites for hydroxylation is 1. The van der Waals surface area contributed by atoms with Crippen molar-refractivity contribution in [3.8, 4) is 5.75 Å². The maximum absolute atomic E-state index is 5.70. The fraction of sp³-hybridized carbons (Fsp3) is 0.364. The van der Waals surface area contributed by atoms with Crippen molar-refractivity contribution >= 4 is 10.9 Å². The van der Waals surface area contributed by atoms with Gasteiger partial charge in [0.25, 0.3) is 0 Å². The van der Waals surface area contributed by atoms with E-state index < -0.39 is 0 Å².